The summed E-state index contributed by atoms with van der Waals surface area (Å²) in [6, 6.07) is 7.64. The molecule has 0 unspecified atom stereocenters. The summed E-state index contributed by atoms with van der Waals surface area (Å²) >= 11 is 0. The number of nitrogens with one attached hydrogen (secondary N) is 1. The average molecular weight is 421 g/mol. The first-order valence-electron chi connectivity index (χ1n) is 8.65. The van der Waals surface area contributed by atoms with Gasteiger partial charge in [0.2, 0.25) is 10.0 Å². The number of rotatable bonds is 7. The number of sulfonamides is 1. The second-order valence-corrected chi connectivity index (χ2v) is 7.96. The topological polar surface area (TPSA) is 99.5 Å². The molecular weight excluding hydrogens is 401 g/mol. The van der Waals surface area contributed by atoms with E-state index in [1.807, 2.05) is 0 Å². The molecule has 154 valence electrons. The predicted molar refractivity (Wildman–Crippen MR) is 105 cm³/mol. The first-order chi connectivity index (χ1) is 13.8. The van der Waals surface area contributed by atoms with Crippen LogP contribution in [0.4, 0.5) is 4.39 Å². The quantitative estimate of drug-likeness (QED) is 0.625. The summed E-state index contributed by atoms with van der Waals surface area (Å²) in [5, 5.41) is 0.328. The van der Waals surface area contributed by atoms with E-state index in [2.05, 4.69) is 9.71 Å². The molecule has 0 bridgehead atoms. The Balaban J connectivity index is 1.86. The Morgan fingerprint density at radius 2 is 1.72 bits per heavy atom. The molecule has 8 nitrogen and oxygen atoms in total. The highest BCUT2D eigenvalue weighted by molar-refractivity contribution is 7.89. The summed E-state index contributed by atoms with van der Waals surface area (Å²) in [4.78, 5) is 17.2. The SMILES string of the molecule is COc1cc2nc(C)n(CCNS(=O)(=O)c3ccc(F)cc3)c(=O)c2cc1OC. The summed E-state index contributed by atoms with van der Waals surface area (Å²) in [7, 11) is -0.867. The third-order valence-electron chi connectivity index (χ3n) is 4.40. The van der Waals surface area contributed by atoms with Gasteiger partial charge in [0.25, 0.3) is 5.56 Å². The third-order valence-corrected chi connectivity index (χ3v) is 5.88. The minimum Gasteiger partial charge on any atom is -0.493 e. The Labute approximate surface area is 167 Å². The van der Waals surface area contributed by atoms with Gasteiger partial charge in [0, 0.05) is 19.2 Å². The summed E-state index contributed by atoms with van der Waals surface area (Å²) in [6.45, 7) is 1.69. The van der Waals surface area contributed by atoms with Crippen molar-refractivity contribution in [2.24, 2.45) is 0 Å². The zero-order chi connectivity index (χ0) is 21.2. The lowest BCUT2D eigenvalue weighted by Crippen LogP contribution is -2.32. The Morgan fingerprint density at radius 3 is 2.34 bits per heavy atom. The molecular formula is C19H20FN3O5S. The van der Waals surface area contributed by atoms with Crippen molar-refractivity contribution in [1.29, 1.82) is 0 Å². The lowest BCUT2D eigenvalue weighted by Gasteiger charge is -2.13. The fourth-order valence-electron chi connectivity index (χ4n) is 2.91. The first-order valence-corrected chi connectivity index (χ1v) is 10.1. The van der Waals surface area contributed by atoms with Crippen molar-refractivity contribution in [1.82, 2.24) is 14.3 Å². The van der Waals surface area contributed by atoms with Crippen LogP contribution < -0.4 is 19.8 Å². The van der Waals surface area contributed by atoms with Gasteiger partial charge in [-0.2, -0.15) is 0 Å². The minimum absolute atomic E-state index is 0.0407. The van der Waals surface area contributed by atoms with Crippen molar-refractivity contribution in [3.63, 3.8) is 0 Å². The fraction of sp³-hybridized carbons (Fsp3) is 0.263. The van der Waals surface area contributed by atoms with Crippen LogP contribution in [0.15, 0.2) is 46.1 Å². The zero-order valence-corrected chi connectivity index (χ0v) is 16.9. The number of aromatic nitrogens is 2. The number of hydrogen-bond donors (Lipinski definition) is 1. The molecule has 29 heavy (non-hydrogen) atoms. The van der Waals surface area contributed by atoms with Crippen molar-refractivity contribution in [3.05, 3.63) is 58.4 Å². The number of aryl methyl sites for hydroxylation is 1. The maximum atomic E-state index is 13.0. The van der Waals surface area contributed by atoms with Crippen LogP contribution in [0.5, 0.6) is 11.5 Å². The van der Waals surface area contributed by atoms with Crippen molar-refractivity contribution in [3.8, 4) is 11.5 Å². The molecule has 0 fully saturated rings. The Bertz CT molecular complexity index is 1210. The van der Waals surface area contributed by atoms with E-state index in [9.17, 15) is 17.6 Å². The smallest absolute Gasteiger partial charge is 0.261 e. The molecule has 1 aromatic heterocycles. The summed E-state index contributed by atoms with van der Waals surface area (Å²) in [6.07, 6.45) is 0. The molecule has 3 rings (SSSR count). The number of ether oxygens (including phenoxy) is 2. The van der Waals surface area contributed by atoms with Crippen LogP contribution in [0, 0.1) is 12.7 Å². The maximum Gasteiger partial charge on any atom is 0.261 e. The highest BCUT2D eigenvalue weighted by atomic mass is 32.2. The van der Waals surface area contributed by atoms with E-state index >= 15 is 0 Å². The van der Waals surface area contributed by atoms with Crippen LogP contribution in [0.25, 0.3) is 10.9 Å². The third kappa shape index (κ3) is 4.22. The normalized spacial score (nSPS) is 11.6. The molecule has 0 aliphatic heterocycles. The zero-order valence-electron chi connectivity index (χ0n) is 16.1. The van der Waals surface area contributed by atoms with E-state index in [1.165, 1.54) is 30.9 Å². The van der Waals surface area contributed by atoms with Gasteiger partial charge in [0.05, 0.1) is 30.0 Å². The lowest BCUT2D eigenvalue weighted by atomic mass is 10.2. The van der Waals surface area contributed by atoms with E-state index in [-0.39, 0.29) is 23.5 Å². The van der Waals surface area contributed by atoms with E-state index in [0.717, 1.165) is 12.1 Å². The van der Waals surface area contributed by atoms with Crippen LogP contribution in [0.1, 0.15) is 5.82 Å². The minimum atomic E-state index is -3.82. The summed E-state index contributed by atoms with van der Waals surface area (Å²) < 4.78 is 51.8. The molecule has 0 spiro atoms. The van der Waals surface area contributed by atoms with Crippen molar-refractivity contribution in [2.45, 2.75) is 18.4 Å². The number of methoxy groups -OCH3 is 2. The molecule has 0 saturated heterocycles. The second kappa shape index (κ2) is 8.18. The first kappa shape index (κ1) is 20.7. The van der Waals surface area contributed by atoms with Gasteiger partial charge in [-0.15, -0.1) is 0 Å². The van der Waals surface area contributed by atoms with Gasteiger partial charge in [-0.25, -0.2) is 22.5 Å². The van der Waals surface area contributed by atoms with Crippen LogP contribution >= 0.6 is 0 Å². The highest BCUT2D eigenvalue weighted by Gasteiger charge is 2.16. The molecule has 0 atom stereocenters. The van der Waals surface area contributed by atoms with Gasteiger partial charge in [0.1, 0.15) is 11.6 Å². The standard InChI is InChI=1S/C19H20FN3O5S/c1-12-22-16-11-18(28-3)17(27-2)10-15(16)19(24)23(12)9-8-21-29(25,26)14-6-4-13(20)5-7-14/h4-7,10-11,21H,8-9H2,1-3H3. The highest BCUT2D eigenvalue weighted by Crippen LogP contribution is 2.30. The molecule has 1 heterocycles. The number of nitrogens with zero attached hydrogens (tertiary/aromatic N) is 2. The van der Waals surface area contributed by atoms with Gasteiger partial charge in [-0.3, -0.25) is 9.36 Å². The Kier molecular flexibility index (Phi) is 5.85. The number of hydrogen-bond acceptors (Lipinski definition) is 6. The van der Waals surface area contributed by atoms with E-state index in [1.54, 1.807) is 19.1 Å². The van der Waals surface area contributed by atoms with Gasteiger partial charge < -0.3 is 9.47 Å². The molecule has 3 aromatic rings. The molecule has 0 radical (unpaired) electrons. The van der Waals surface area contributed by atoms with Crippen LogP contribution in [0.2, 0.25) is 0 Å². The fourth-order valence-corrected chi connectivity index (χ4v) is 3.93. The van der Waals surface area contributed by atoms with Crippen molar-refractivity contribution < 1.29 is 22.3 Å². The van der Waals surface area contributed by atoms with E-state index < -0.39 is 15.8 Å². The Morgan fingerprint density at radius 1 is 1.10 bits per heavy atom. The van der Waals surface area contributed by atoms with E-state index in [4.69, 9.17) is 9.47 Å². The lowest BCUT2D eigenvalue weighted by molar-refractivity contribution is 0.355. The van der Waals surface area contributed by atoms with Gasteiger partial charge in [0.15, 0.2) is 11.5 Å². The molecule has 0 aliphatic rings. The van der Waals surface area contributed by atoms with Crippen molar-refractivity contribution >= 4 is 20.9 Å². The maximum absolute atomic E-state index is 13.0. The molecule has 2 aromatic carbocycles. The number of fused-ring (bicyclic) bond motifs is 1. The van der Waals surface area contributed by atoms with Gasteiger partial charge in [-0.05, 0) is 37.3 Å². The second-order valence-electron chi connectivity index (χ2n) is 6.19. The van der Waals surface area contributed by atoms with E-state index in [0.29, 0.717) is 28.2 Å². The predicted octanol–water partition coefficient (Wildman–Crippen LogP) is 1.84. The van der Waals surface area contributed by atoms with Crippen LogP contribution in [-0.2, 0) is 16.6 Å². The molecule has 1 N–H and O–H groups in total. The van der Waals surface area contributed by atoms with Gasteiger partial charge in [-0.1, -0.05) is 0 Å². The van der Waals surface area contributed by atoms with Crippen LogP contribution in [-0.4, -0.2) is 38.7 Å². The average Bonchev–Trinajstić information content (AvgIpc) is 2.69. The molecule has 0 aliphatic carbocycles. The molecule has 10 heteroatoms. The van der Waals surface area contributed by atoms with Crippen molar-refractivity contribution in [2.75, 3.05) is 20.8 Å². The Hall–Kier alpha value is -2.98. The number of benzene rings is 2. The molecule has 0 amide bonds. The summed E-state index contributed by atoms with van der Waals surface area (Å²) in [5.74, 6) is 0.749. The molecule has 0 saturated carbocycles. The largest absolute Gasteiger partial charge is 0.493 e. The monoisotopic (exact) mass is 421 g/mol. The van der Waals surface area contributed by atoms with Gasteiger partial charge >= 0.3 is 0 Å². The van der Waals surface area contributed by atoms with Crippen LogP contribution in [0.3, 0.4) is 0 Å². The number of halogens is 1. The summed E-state index contributed by atoms with van der Waals surface area (Å²) in [5.41, 5.74) is 0.128.